The summed E-state index contributed by atoms with van der Waals surface area (Å²) in [5.41, 5.74) is 1.69. The highest BCUT2D eigenvalue weighted by molar-refractivity contribution is 7.73. The smallest absolute Gasteiger partial charge is 0.209 e. The second-order valence-corrected chi connectivity index (χ2v) is 5.22. The van der Waals surface area contributed by atoms with Crippen LogP contribution in [0.25, 0.3) is 0 Å². The Labute approximate surface area is 108 Å². The summed E-state index contributed by atoms with van der Waals surface area (Å²) in [5, 5.41) is 9.64. The van der Waals surface area contributed by atoms with E-state index in [1.807, 2.05) is 26.0 Å². The molecule has 0 amide bonds. The van der Waals surface area contributed by atoms with Gasteiger partial charge in [0.25, 0.3) is 0 Å². The molecule has 0 bridgehead atoms. The number of hydrogen-bond acceptors (Lipinski definition) is 5. The highest BCUT2D eigenvalue weighted by Gasteiger charge is 2.09. The molecule has 2 rings (SSSR count). The van der Waals surface area contributed by atoms with E-state index in [0.29, 0.717) is 20.4 Å². The summed E-state index contributed by atoms with van der Waals surface area (Å²) in [7, 11) is 0. The van der Waals surface area contributed by atoms with Crippen LogP contribution in [-0.2, 0) is 0 Å². The summed E-state index contributed by atoms with van der Waals surface area (Å²) in [6.45, 7) is 3.76. The maximum absolute atomic E-state index is 9.64. The first-order chi connectivity index (χ1) is 8.08. The predicted octanol–water partition coefficient (Wildman–Crippen LogP) is 3.36. The molecule has 2 aromatic rings. The standard InChI is InChI=1S/C11H11N3OS2/c1-6-4-3-5-12-9(6)13-7(2)8-10(15)14-11(16)17-8/h3-5,15H,1-2H3,(H,14,16). The van der Waals surface area contributed by atoms with Crippen molar-refractivity contribution in [2.75, 3.05) is 0 Å². The largest absolute Gasteiger partial charge is 0.493 e. The van der Waals surface area contributed by atoms with E-state index in [2.05, 4.69) is 15.0 Å². The summed E-state index contributed by atoms with van der Waals surface area (Å²) in [6.07, 6.45) is 1.69. The van der Waals surface area contributed by atoms with Gasteiger partial charge in [-0.25, -0.2) is 9.98 Å². The first-order valence-corrected chi connectivity index (χ1v) is 6.20. The van der Waals surface area contributed by atoms with Crippen LogP contribution < -0.4 is 0 Å². The molecule has 2 aromatic heterocycles. The Kier molecular flexibility index (Phi) is 3.35. The molecule has 0 fully saturated rings. The Morgan fingerprint density at radius 1 is 1.59 bits per heavy atom. The van der Waals surface area contributed by atoms with Gasteiger partial charge in [-0.3, -0.25) is 0 Å². The van der Waals surface area contributed by atoms with Crippen molar-refractivity contribution in [3.63, 3.8) is 0 Å². The molecule has 6 heteroatoms. The number of aromatic hydroxyl groups is 1. The molecule has 88 valence electrons. The van der Waals surface area contributed by atoms with Crippen LogP contribution in [0.15, 0.2) is 23.3 Å². The van der Waals surface area contributed by atoms with Gasteiger partial charge < -0.3 is 10.1 Å². The number of aryl methyl sites for hydroxylation is 1. The van der Waals surface area contributed by atoms with Gasteiger partial charge in [-0.05, 0) is 37.7 Å². The van der Waals surface area contributed by atoms with Crippen molar-refractivity contribution in [3.05, 3.63) is 32.7 Å². The van der Waals surface area contributed by atoms with E-state index < -0.39 is 0 Å². The molecule has 0 radical (unpaired) electrons. The Bertz CT molecular complexity index is 628. The van der Waals surface area contributed by atoms with Gasteiger partial charge >= 0.3 is 0 Å². The number of hydrogen-bond donors (Lipinski definition) is 2. The van der Waals surface area contributed by atoms with Gasteiger partial charge in [0.2, 0.25) is 5.88 Å². The van der Waals surface area contributed by atoms with Crippen molar-refractivity contribution in [3.8, 4) is 5.88 Å². The topological polar surface area (TPSA) is 61.3 Å². The zero-order chi connectivity index (χ0) is 12.4. The van der Waals surface area contributed by atoms with Gasteiger partial charge in [0.05, 0.1) is 5.71 Å². The van der Waals surface area contributed by atoms with Crippen LogP contribution in [0, 0.1) is 10.9 Å². The van der Waals surface area contributed by atoms with Gasteiger partial charge in [-0.2, -0.15) is 0 Å². The Balaban J connectivity index is 2.45. The molecule has 0 unspecified atom stereocenters. The van der Waals surface area contributed by atoms with Crippen LogP contribution in [0.1, 0.15) is 17.4 Å². The molecule has 17 heavy (non-hydrogen) atoms. The minimum absolute atomic E-state index is 0.0647. The molecule has 0 saturated heterocycles. The number of rotatable bonds is 2. The fourth-order valence-electron chi connectivity index (χ4n) is 1.37. The Morgan fingerprint density at radius 3 is 2.94 bits per heavy atom. The molecule has 0 aromatic carbocycles. The highest BCUT2D eigenvalue weighted by atomic mass is 32.1. The zero-order valence-electron chi connectivity index (χ0n) is 9.39. The lowest BCUT2D eigenvalue weighted by Crippen LogP contribution is -1.92. The lowest BCUT2D eigenvalue weighted by molar-refractivity contribution is 0.456. The second kappa shape index (κ2) is 4.77. The lowest BCUT2D eigenvalue weighted by Gasteiger charge is -2.00. The summed E-state index contributed by atoms with van der Waals surface area (Å²) in [4.78, 5) is 11.9. The van der Waals surface area contributed by atoms with Gasteiger partial charge in [0, 0.05) is 6.20 Å². The van der Waals surface area contributed by atoms with E-state index in [1.165, 1.54) is 11.3 Å². The first-order valence-electron chi connectivity index (χ1n) is 4.97. The van der Waals surface area contributed by atoms with E-state index >= 15 is 0 Å². The molecule has 0 atom stereocenters. The normalized spacial score (nSPS) is 11.8. The van der Waals surface area contributed by atoms with Crippen molar-refractivity contribution in [2.24, 2.45) is 4.99 Å². The van der Waals surface area contributed by atoms with Crippen molar-refractivity contribution in [2.45, 2.75) is 13.8 Å². The molecular formula is C11H11N3OS2. The van der Waals surface area contributed by atoms with Crippen LogP contribution >= 0.6 is 23.6 Å². The number of thiazole rings is 1. The number of aromatic amines is 1. The van der Waals surface area contributed by atoms with Gasteiger partial charge in [-0.15, -0.1) is 0 Å². The van der Waals surface area contributed by atoms with Crippen LogP contribution in [0.2, 0.25) is 0 Å². The molecule has 4 nitrogen and oxygen atoms in total. The molecule has 0 aliphatic rings. The molecule has 2 heterocycles. The highest BCUT2D eigenvalue weighted by Crippen LogP contribution is 2.24. The van der Waals surface area contributed by atoms with Crippen LogP contribution in [0.4, 0.5) is 5.82 Å². The zero-order valence-corrected chi connectivity index (χ0v) is 11.0. The SMILES string of the molecule is CC(=Nc1ncccc1C)c1sc(=S)[nH]c1O. The third-order valence-electron chi connectivity index (χ3n) is 2.21. The minimum Gasteiger partial charge on any atom is -0.493 e. The van der Waals surface area contributed by atoms with Crippen molar-refractivity contribution in [1.29, 1.82) is 0 Å². The van der Waals surface area contributed by atoms with Crippen LogP contribution in [-0.4, -0.2) is 20.8 Å². The monoisotopic (exact) mass is 265 g/mol. The molecule has 0 aliphatic carbocycles. The maximum Gasteiger partial charge on any atom is 0.209 e. The maximum atomic E-state index is 9.64. The number of pyridine rings is 1. The lowest BCUT2D eigenvalue weighted by atomic mass is 10.3. The summed E-state index contributed by atoms with van der Waals surface area (Å²) in [5.74, 6) is 0.721. The molecule has 0 aliphatic heterocycles. The third-order valence-corrected chi connectivity index (χ3v) is 3.55. The Morgan fingerprint density at radius 2 is 2.35 bits per heavy atom. The minimum atomic E-state index is 0.0647. The van der Waals surface area contributed by atoms with Crippen LogP contribution in [0.3, 0.4) is 0 Å². The summed E-state index contributed by atoms with van der Waals surface area (Å²) >= 11 is 6.26. The Hall–Kier alpha value is -1.53. The van der Waals surface area contributed by atoms with Crippen LogP contribution in [0.5, 0.6) is 5.88 Å². The fourth-order valence-corrected chi connectivity index (χ4v) is 2.39. The molecule has 0 saturated carbocycles. The van der Waals surface area contributed by atoms with E-state index in [1.54, 1.807) is 6.20 Å². The number of nitrogens with one attached hydrogen (secondary N) is 1. The number of aliphatic imine (C=N–C) groups is 1. The molecule has 2 N–H and O–H groups in total. The fraction of sp³-hybridized carbons (Fsp3) is 0.182. The first kappa shape index (κ1) is 11.9. The summed E-state index contributed by atoms with van der Waals surface area (Å²) in [6, 6.07) is 3.81. The van der Waals surface area contributed by atoms with E-state index in [0.717, 1.165) is 5.56 Å². The van der Waals surface area contributed by atoms with Gasteiger partial charge in [0.15, 0.2) is 9.77 Å². The molecule has 0 spiro atoms. The summed E-state index contributed by atoms with van der Waals surface area (Å²) < 4.78 is 0.532. The van der Waals surface area contributed by atoms with E-state index in [9.17, 15) is 5.11 Å². The molecular weight excluding hydrogens is 254 g/mol. The number of H-pyrrole nitrogens is 1. The quantitative estimate of drug-likeness (QED) is 0.646. The van der Waals surface area contributed by atoms with Crippen molar-refractivity contribution >= 4 is 35.1 Å². The van der Waals surface area contributed by atoms with Gasteiger partial charge in [0.1, 0.15) is 4.88 Å². The van der Waals surface area contributed by atoms with Gasteiger partial charge in [-0.1, -0.05) is 17.4 Å². The average molecular weight is 265 g/mol. The van der Waals surface area contributed by atoms with E-state index in [-0.39, 0.29) is 5.88 Å². The van der Waals surface area contributed by atoms with Crippen molar-refractivity contribution in [1.82, 2.24) is 9.97 Å². The third kappa shape index (κ3) is 2.59. The predicted molar refractivity (Wildman–Crippen MR) is 72.0 cm³/mol. The average Bonchev–Trinajstić information content (AvgIpc) is 2.61. The number of aromatic nitrogens is 2. The second-order valence-electron chi connectivity index (χ2n) is 3.53. The van der Waals surface area contributed by atoms with Crippen molar-refractivity contribution < 1.29 is 5.11 Å². The number of nitrogens with zero attached hydrogens (tertiary/aromatic N) is 2. The van der Waals surface area contributed by atoms with E-state index in [4.69, 9.17) is 12.2 Å².